The molecular formula is C8H15N3O2. The first-order chi connectivity index (χ1) is 6.27. The number of ether oxygens (including phenoxy) is 1. The molecule has 2 rings (SSSR count). The molecule has 0 bridgehead atoms. The fourth-order valence-corrected chi connectivity index (χ4v) is 1.54. The van der Waals surface area contributed by atoms with Gasteiger partial charge in [-0.25, -0.2) is 0 Å². The second kappa shape index (κ2) is 3.51. The lowest BCUT2D eigenvalue weighted by atomic mass is 10.2. The summed E-state index contributed by atoms with van der Waals surface area (Å²) in [6.45, 7) is 2.77. The predicted molar refractivity (Wildman–Crippen MR) is 48.7 cm³/mol. The maximum absolute atomic E-state index is 9.47. The number of hydrogen-bond acceptors (Lipinski definition) is 5. The van der Waals surface area contributed by atoms with E-state index in [9.17, 15) is 5.11 Å². The van der Waals surface area contributed by atoms with Gasteiger partial charge in [0.25, 0.3) is 0 Å². The van der Waals surface area contributed by atoms with Crippen molar-refractivity contribution < 1.29 is 9.84 Å². The van der Waals surface area contributed by atoms with Gasteiger partial charge in [0.1, 0.15) is 0 Å². The summed E-state index contributed by atoms with van der Waals surface area (Å²) in [5, 5.41) is 12.7. The van der Waals surface area contributed by atoms with Gasteiger partial charge in [-0.15, -0.1) is 0 Å². The van der Waals surface area contributed by atoms with Crippen LogP contribution >= 0.6 is 0 Å². The second-order valence-electron chi connectivity index (χ2n) is 3.48. The molecule has 2 aliphatic rings. The van der Waals surface area contributed by atoms with Gasteiger partial charge in [0.2, 0.25) is 0 Å². The average Bonchev–Trinajstić information content (AvgIpc) is 2.65. The molecule has 0 aliphatic carbocycles. The molecule has 5 nitrogen and oxygen atoms in total. The van der Waals surface area contributed by atoms with Crippen LogP contribution in [0, 0.1) is 0 Å². The van der Waals surface area contributed by atoms with Crippen LogP contribution in [-0.2, 0) is 4.74 Å². The van der Waals surface area contributed by atoms with E-state index in [0.29, 0.717) is 13.2 Å². The minimum atomic E-state index is -0.406. The fourth-order valence-electron chi connectivity index (χ4n) is 1.54. The Labute approximate surface area is 77.4 Å². The molecule has 13 heavy (non-hydrogen) atoms. The predicted octanol–water partition coefficient (Wildman–Crippen LogP) is -1.36. The van der Waals surface area contributed by atoms with Crippen molar-refractivity contribution in [2.75, 3.05) is 33.4 Å². The molecule has 0 amide bonds. The summed E-state index contributed by atoms with van der Waals surface area (Å²) >= 11 is 0. The molecule has 1 fully saturated rings. The Bertz CT molecular complexity index is 219. The number of aliphatic imine (C=N–C) groups is 1. The summed E-state index contributed by atoms with van der Waals surface area (Å²) in [6.07, 6.45) is -0.406. The Balaban J connectivity index is 1.90. The van der Waals surface area contributed by atoms with Crippen molar-refractivity contribution in [3.63, 3.8) is 0 Å². The Hall–Kier alpha value is -0.810. The topological polar surface area (TPSA) is 57.1 Å². The molecule has 2 N–H and O–H groups in total. The maximum Gasteiger partial charge on any atom is 0.194 e. The van der Waals surface area contributed by atoms with Gasteiger partial charge >= 0.3 is 0 Å². The zero-order valence-electron chi connectivity index (χ0n) is 7.73. The molecule has 0 aromatic heterocycles. The van der Waals surface area contributed by atoms with Gasteiger partial charge in [-0.05, 0) is 0 Å². The van der Waals surface area contributed by atoms with E-state index in [1.807, 2.05) is 11.9 Å². The minimum Gasteiger partial charge on any atom is -0.388 e. The largest absolute Gasteiger partial charge is 0.388 e. The summed E-state index contributed by atoms with van der Waals surface area (Å²) in [5.41, 5.74) is 0. The smallest absolute Gasteiger partial charge is 0.194 e. The van der Waals surface area contributed by atoms with Crippen LogP contribution in [0.15, 0.2) is 4.99 Å². The third-order valence-corrected chi connectivity index (χ3v) is 2.42. The Morgan fingerprint density at radius 2 is 2.46 bits per heavy atom. The number of guanidine groups is 1. The van der Waals surface area contributed by atoms with Crippen molar-refractivity contribution in [2.45, 2.75) is 12.1 Å². The van der Waals surface area contributed by atoms with Crippen LogP contribution < -0.4 is 5.32 Å². The number of nitrogens with zero attached hydrogens (tertiary/aromatic N) is 2. The molecular weight excluding hydrogens is 170 g/mol. The maximum atomic E-state index is 9.47. The van der Waals surface area contributed by atoms with Crippen molar-refractivity contribution in [2.24, 2.45) is 4.99 Å². The molecule has 5 heteroatoms. The Kier molecular flexibility index (Phi) is 2.37. The lowest BCUT2D eigenvalue weighted by molar-refractivity contribution is 0.123. The number of rotatable bonds is 1. The SMILES string of the molecule is CN1CCN=C1N[C@@H]1COC[C@H]1O. The highest BCUT2D eigenvalue weighted by atomic mass is 16.5. The summed E-state index contributed by atoms with van der Waals surface area (Å²) < 4.78 is 5.13. The molecule has 2 heterocycles. The van der Waals surface area contributed by atoms with Gasteiger partial charge in [-0.1, -0.05) is 0 Å². The van der Waals surface area contributed by atoms with Gasteiger partial charge in [0.05, 0.1) is 31.9 Å². The third-order valence-electron chi connectivity index (χ3n) is 2.42. The van der Waals surface area contributed by atoms with Crippen molar-refractivity contribution in [1.29, 1.82) is 0 Å². The second-order valence-corrected chi connectivity index (χ2v) is 3.48. The molecule has 0 aromatic rings. The van der Waals surface area contributed by atoms with Gasteiger partial charge in [0, 0.05) is 13.6 Å². The zero-order chi connectivity index (χ0) is 9.26. The molecule has 2 aliphatic heterocycles. The molecule has 0 aromatic carbocycles. The van der Waals surface area contributed by atoms with Crippen molar-refractivity contribution >= 4 is 5.96 Å². The van der Waals surface area contributed by atoms with Gasteiger partial charge in [0.15, 0.2) is 5.96 Å². The average molecular weight is 185 g/mol. The monoisotopic (exact) mass is 185 g/mol. The number of aliphatic hydroxyl groups excluding tert-OH is 1. The highest BCUT2D eigenvalue weighted by Crippen LogP contribution is 2.06. The highest BCUT2D eigenvalue weighted by Gasteiger charge is 2.28. The van der Waals surface area contributed by atoms with E-state index in [-0.39, 0.29) is 6.04 Å². The lowest BCUT2D eigenvalue weighted by Gasteiger charge is -2.20. The van der Waals surface area contributed by atoms with E-state index < -0.39 is 6.10 Å². The summed E-state index contributed by atoms with van der Waals surface area (Å²) in [4.78, 5) is 6.33. The quantitative estimate of drug-likeness (QED) is 0.529. The van der Waals surface area contributed by atoms with E-state index in [4.69, 9.17) is 4.74 Å². The Morgan fingerprint density at radius 1 is 1.62 bits per heavy atom. The van der Waals surface area contributed by atoms with Gasteiger partial charge in [-0.3, -0.25) is 4.99 Å². The Morgan fingerprint density at radius 3 is 3.00 bits per heavy atom. The van der Waals surface area contributed by atoms with Gasteiger partial charge in [-0.2, -0.15) is 0 Å². The number of likely N-dealkylation sites (N-methyl/N-ethyl adjacent to an activating group) is 1. The van der Waals surface area contributed by atoms with E-state index in [1.54, 1.807) is 0 Å². The first-order valence-electron chi connectivity index (χ1n) is 4.55. The minimum absolute atomic E-state index is 0.000648. The van der Waals surface area contributed by atoms with E-state index in [2.05, 4.69) is 10.3 Å². The zero-order valence-corrected chi connectivity index (χ0v) is 7.73. The molecule has 0 radical (unpaired) electrons. The molecule has 0 saturated carbocycles. The van der Waals surface area contributed by atoms with Crippen LogP contribution in [0.4, 0.5) is 0 Å². The number of hydrogen-bond donors (Lipinski definition) is 2. The van der Waals surface area contributed by atoms with E-state index in [0.717, 1.165) is 19.0 Å². The molecule has 2 atom stereocenters. The van der Waals surface area contributed by atoms with Crippen LogP contribution in [0.25, 0.3) is 0 Å². The highest BCUT2D eigenvalue weighted by molar-refractivity contribution is 5.81. The van der Waals surface area contributed by atoms with Crippen molar-refractivity contribution in [1.82, 2.24) is 10.2 Å². The van der Waals surface area contributed by atoms with Crippen LogP contribution in [0.5, 0.6) is 0 Å². The lowest BCUT2D eigenvalue weighted by Crippen LogP contribution is -2.47. The summed E-state index contributed by atoms with van der Waals surface area (Å²) in [7, 11) is 1.99. The summed E-state index contributed by atoms with van der Waals surface area (Å²) in [5.74, 6) is 0.870. The van der Waals surface area contributed by atoms with Crippen molar-refractivity contribution in [3.05, 3.63) is 0 Å². The van der Waals surface area contributed by atoms with Crippen LogP contribution in [0.2, 0.25) is 0 Å². The first kappa shape index (κ1) is 8.77. The van der Waals surface area contributed by atoms with Crippen LogP contribution in [-0.4, -0.2) is 61.5 Å². The third kappa shape index (κ3) is 1.76. The normalized spacial score (nSPS) is 33.7. The van der Waals surface area contributed by atoms with E-state index in [1.165, 1.54) is 0 Å². The van der Waals surface area contributed by atoms with Crippen LogP contribution in [0.1, 0.15) is 0 Å². The van der Waals surface area contributed by atoms with Crippen LogP contribution in [0.3, 0.4) is 0 Å². The van der Waals surface area contributed by atoms with Gasteiger partial charge < -0.3 is 20.1 Å². The molecule has 0 unspecified atom stereocenters. The number of aliphatic hydroxyl groups is 1. The fraction of sp³-hybridized carbons (Fsp3) is 0.875. The molecule has 74 valence electrons. The molecule has 1 saturated heterocycles. The first-order valence-corrected chi connectivity index (χ1v) is 4.55. The van der Waals surface area contributed by atoms with Crippen molar-refractivity contribution in [3.8, 4) is 0 Å². The standard InChI is InChI=1S/C8H15N3O2/c1-11-3-2-9-8(11)10-6-4-13-5-7(6)12/h6-7,12H,2-5H2,1H3,(H,9,10)/t6-,7-/m1/s1. The molecule has 0 spiro atoms. The van der Waals surface area contributed by atoms with E-state index >= 15 is 0 Å². The number of nitrogens with one attached hydrogen (secondary N) is 1. The summed E-state index contributed by atoms with van der Waals surface area (Å²) in [6, 6.07) is -0.000648.